The SMILES string of the molecule is O=C(O)CC(Cc1cccs1)C(=O)O. The zero-order valence-corrected chi connectivity index (χ0v) is 8.16. The maximum Gasteiger partial charge on any atom is 0.307 e. The molecule has 1 unspecified atom stereocenters. The van der Waals surface area contributed by atoms with Crippen molar-refractivity contribution in [1.29, 1.82) is 0 Å². The average Bonchev–Trinajstić information content (AvgIpc) is 2.54. The lowest BCUT2D eigenvalue weighted by molar-refractivity contribution is -0.148. The number of rotatable bonds is 5. The third kappa shape index (κ3) is 3.18. The monoisotopic (exact) mass is 214 g/mol. The van der Waals surface area contributed by atoms with Crippen molar-refractivity contribution in [3.05, 3.63) is 22.4 Å². The summed E-state index contributed by atoms with van der Waals surface area (Å²) in [5.41, 5.74) is 0. The predicted molar refractivity (Wildman–Crippen MR) is 51.4 cm³/mol. The van der Waals surface area contributed by atoms with Crippen LogP contribution in [0.2, 0.25) is 0 Å². The summed E-state index contributed by atoms with van der Waals surface area (Å²) in [4.78, 5) is 22.0. The quantitative estimate of drug-likeness (QED) is 0.778. The molecule has 0 aliphatic heterocycles. The molecule has 0 fully saturated rings. The molecule has 0 aliphatic rings. The first-order valence-electron chi connectivity index (χ1n) is 4.06. The molecule has 0 bridgehead atoms. The van der Waals surface area contributed by atoms with E-state index in [1.54, 1.807) is 0 Å². The van der Waals surface area contributed by atoms with Gasteiger partial charge in [-0.05, 0) is 17.9 Å². The van der Waals surface area contributed by atoms with Crippen molar-refractivity contribution in [2.75, 3.05) is 0 Å². The second-order valence-corrected chi connectivity index (χ2v) is 3.95. The Labute approximate surface area is 84.8 Å². The van der Waals surface area contributed by atoms with Gasteiger partial charge in [-0.25, -0.2) is 0 Å². The molecular weight excluding hydrogens is 204 g/mol. The molecule has 4 nitrogen and oxygen atoms in total. The lowest BCUT2D eigenvalue weighted by atomic mass is 10.0. The van der Waals surface area contributed by atoms with E-state index in [2.05, 4.69) is 0 Å². The topological polar surface area (TPSA) is 74.6 Å². The van der Waals surface area contributed by atoms with Crippen molar-refractivity contribution in [2.45, 2.75) is 12.8 Å². The summed E-state index contributed by atoms with van der Waals surface area (Å²) in [5, 5.41) is 19.1. The maximum absolute atomic E-state index is 10.7. The number of carbonyl (C=O) groups is 2. The van der Waals surface area contributed by atoms with Crippen LogP contribution >= 0.6 is 11.3 Å². The Balaban J connectivity index is 2.60. The third-order valence-electron chi connectivity index (χ3n) is 1.80. The van der Waals surface area contributed by atoms with Crippen LogP contribution in [-0.4, -0.2) is 22.2 Å². The van der Waals surface area contributed by atoms with Gasteiger partial charge in [0.1, 0.15) is 0 Å². The van der Waals surface area contributed by atoms with Crippen molar-refractivity contribution in [2.24, 2.45) is 5.92 Å². The van der Waals surface area contributed by atoms with E-state index in [0.29, 0.717) is 6.42 Å². The molecular formula is C9H10O4S. The molecule has 0 aromatic carbocycles. The van der Waals surface area contributed by atoms with Crippen molar-refractivity contribution in [3.63, 3.8) is 0 Å². The van der Waals surface area contributed by atoms with Crippen LogP contribution in [0.3, 0.4) is 0 Å². The van der Waals surface area contributed by atoms with Crippen LogP contribution < -0.4 is 0 Å². The molecule has 1 atom stereocenters. The predicted octanol–water partition coefficient (Wildman–Crippen LogP) is 1.47. The van der Waals surface area contributed by atoms with Gasteiger partial charge in [0.15, 0.2) is 0 Å². The van der Waals surface area contributed by atoms with Crippen LogP contribution in [0.4, 0.5) is 0 Å². The zero-order chi connectivity index (χ0) is 10.6. The minimum atomic E-state index is -1.08. The summed E-state index contributed by atoms with van der Waals surface area (Å²) >= 11 is 1.44. The molecule has 1 aromatic rings. The van der Waals surface area contributed by atoms with Crippen LogP contribution in [0.1, 0.15) is 11.3 Å². The van der Waals surface area contributed by atoms with Gasteiger partial charge in [-0.1, -0.05) is 6.07 Å². The van der Waals surface area contributed by atoms with Gasteiger partial charge in [-0.15, -0.1) is 11.3 Å². The average molecular weight is 214 g/mol. The normalized spacial score (nSPS) is 12.3. The van der Waals surface area contributed by atoms with E-state index >= 15 is 0 Å². The Morgan fingerprint density at radius 2 is 2.14 bits per heavy atom. The van der Waals surface area contributed by atoms with Crippen molar-refractivity contribution in [1.82, 2.24) is 0 Å². The smallest absolute Gasteiger partial charge is 0.307 e. The lowest BCUT2D eigenvalue weighted by Crippen LogP contribution is -2.19. The van der Waals surface area contributed by atoms with Gasteiger partial charge >= 0.3 is 11.9 Å². The van der Waals surface area contributed by atoms with Crippen LogP contribution in [0.25, 0.3) is 0 Å². The largest absolute Gasteiger partial charge is 0.481 e. The second kappa shape index (κ2) is 4.76. The summed E-state index contributed by atoms with van der Waals surface area (Å²) < 4.78 is 0. The number of thiophene rings is 1. The first kappa shape index (κ1) is 10.7. The summed E-state index contributed by atoms with van der Waals surface area (Å²) in [6, 6.07) is 3.63. The number of carboxylic acids is 2. The van der Waals surface area contributed by atoms with Gasteiger partial charge in [0.2, 0.25) is 0 Å². The molecule has 2 N–H and O–H groups in total. The number of hydrogen-bond acceptors (Lipinski definition) is 3. The Morgan fingerprint density at radius 1 is 1.43 bits per heavy atom. The first-order chi connectivity index (χ1) is 6.59. The molecule has 1 rings (SSSR count). The molecule has 0 amide bonds. The fourth-order valence-electron chi connectivity index (χ4n) is 1.13. The van der Waals surface area contributed by atoms with Crippen LogP contribution in [0.5, 0.6) is 0 Å². The minimum Gasteiger partial charge on any atom is -0.481 e. The molecule has 1 heterocycles. The van der Waals surface area contributed by atoms with Crippen molar-refractivity contribution < 1.29 is 19.8 Å². The first-order valence-corrected chi connectivity index (χ1v) is 4.94. The zero-order valence-electron chi connectivity index (χ0n) is 7.34. The van der Waals surface area contributed by atoms with E-state index < -0.39 is 17.9 Å². The molecule has 76 valence electrons. The van der Waals surface area contributed by atoms with Crippen LogP contribution in [0.15, 0.2) is 17.5 Å². The number of aliphatic carboxylic acids is 2. The van der Waals surface area contributed by atoms with Gasteiger partial charge in [0.05, 0.1) is 12.3 Å². The third-order valence-corrected chi connectivity index (χ3v) is 2.70. The molecule has 0 saturated heterocycles. The fourth-order valence-corrected chi connectivity index (χ4v) is 1.92. The Hall–Kier alpha value is -1.36. The molecule has 0 spiro atoms. The molecule has 0 radical (unpaired) electrons. The second-order valence-electron chi connectivity index (χ2n) is 2.92. The van der Waals surface area contributed by atoms with Crippen LogP contribution in [-0.2, 0) is 16.0 Å². The van der Waals surface area contributed by atoms with Gasteiger partial charge in [0.25, 0.3) is 0 Å². The minimum absolute atomic E-state index is 0.291. The number of hydrogen-bond donors (Lipinski definition) is 2. The standard InChI is InChI=1S/C9H10O4S/c10-8(11)5-6(9(12)13)4-7-2-1-3-14-7/h1-3,6H,4-5H2,(H,10,11)(H,12,13). The summed E-state index contributed by atoms with van der Waals surface area (Å²) in [5.74, 6) is -2.96. The maximum atomic E-state index is 10.7. The summed E-state index contributed by atoms with van der Waals surface area (Å²) in [6.07, 6.45) is -0.0352. The van der Waals surface area contributed by atoms with Gasteiger partial charge in [0, 0.05) is 4.88 Å². The van der Waals surface area contributed by atoms with E-state index in [4.69, 9.17) is 10.2 Å². The van der Waals surface area contributed by atoms with E-state index in [-0.39, 0.29) is 6.42 Å². The Bertz CT molecular complexity index is 318. The molecule has 14 heavy (non-hydrogen) atoms. The van der Waals surface area contributed by atoms with E-state index in [1.165, 1.54) is 11.3 Å². The highest BCUT2D eigenvalue weighted by molar-refractivity contribution is 7.09. The Kier molecular flexibility index (Phi) is 3.64. The highest BCUT2D eigenvalue weighted by atomic mass is 32.1. The highest BCUT2D eigenvalue weighted by Gasteiger charge is 2.21. The summed E-state index contributed by atoms with van der Waals surface area (Å²) in [6.45, 7) is 0. The lowest BCUT2D eigenvalue weighted by Gasteiger charge is -2.07. The molecule has 0 saturated carbocycles. The number of carboxylic acid groups (broad SMARTS) is 2. The van der Waals surface area contributed by atoms with Crippen molar-refractivity contribution >= 4 is 23.3 Å². The van der Waals surface area contributed by atoms with Gasteiger partial charge < -0.3 is 10.2 Å². The van der Waals surface area contributed by atoms with Crippen LogP contribution in [0, 0.1) is 5.92 Å². The van der Waals surface area contributed by atoms with E-state index in [9.17, 15) is 9.59 Å². The Morgan fingerprint density at radius 3 is 2.57 bits per heavy atom. The fraction of sp³-hybridized carbons (Fsp3) is 0.333. The van der Waals surface area contributed by atoms with E-state index in [0.717, 1.165) is 4.88 Å². The van der Waals surface area contributed by atoms with E-state index in [1.807, 2.05) is 17.5 Å². The van der Waals surface area contributed by atoms with Crippen molar-refractivity contribution in [3.8, 4) is 0 Å². The molecule has 1 aromatic heterocycles. The summed E-state index contributed by atoms with van der Waals surface area (Å²) in [7, 11) is 0. The molecule has 5 heteroatoms. The van der Waals surface area contributed by atoms with Gasteiger partial charge in [-0.3, -0.25) is 9.59 Å². The molecule has 0 aliphatic carbocycles. The highest BCUT2D eigenvalue weighted by Crippen LogP contribution is 2.17. The van der Waals surface area contributed by atoms with Gasteiger partial charge in [-0.2, -0.15) is 0 Å².